The van der Waals surface area contributed by atoms with Crippen molar-refractivity contribution >= 4 is 17.5 Å². The van der Waals surface area contributed by atoms with E-state index in [2.05, 4.69) is 15.5 Å². The fourth-order valence-corrected chi connectivity index (χ4v) is 3.16. The Labute approximate surface area is 162 Å². The Morgan fingerprint density at radius 1 is 1.22 bits per heavy atom. The SMILES string of the molecule is CN(C)C(CNC(=O)c1cn[nH]c1-c1ccc(F)cc1)c1ccccc1Cl. The summed E-state index contributed by atoms with van der Waals surface area (Å²) < 4.78 is 13.1. The molecule has 1 unspecified atom stereocenters. The second kappa shape index (κ2) is 8.33. The second-order valence-electron chi connectivity index (χ2n) is 6.38. The lowest BCUT2D eigenvalue weighted by molar-refractivity contribution is 0.0942. The van der Waals surface area contributed by atoms with Crippen LogP contribution in [0.5, 0.6) is 0 Å². The lowest BCUT2D eigenvalue weighted by Crippen LogP contribution is -2.34. The van der Waals surface area contributed by atoms with Gasteiger partial charge >= 0.3 is 0 Å². The summed E-state index contributed by atoms with van der Waals surface area (Å²) in [5.41, 5.74) is 2.58. The number of halogens is 2. The van der Waals surface area contributed by atoms with E-state index in [1.54, 1.807) is 12.1 Å². The minimum atomic E-state index is -0.335. The number of aromatic amines is 1. The smallest absolute Gasteiger partial charge is 0.255 e. The number of hydrogen-bond donors (Lipinski definition) is 2. The molecule has 2 aromatic carbocycles. The highest BCUT2D eigenvalue weighted by Crippen LogP contribution is 2.26. The molecule has 0 aliphatic rings. The third kappa shape index (κ3) is 4.35. The fraction of sp³-hybridized carbons (Fsp3) is 0.200. The average molecular weight is 387 g/mol. The van der Waals surface area contributed by atoms with Gasteiger partial charge in [-0.15, -0.1) is 0 Å². The standard InChI is InChI=1S/C20H20ClFN4O/c1-26(2)18(15-5-3-4-6-17(15)21)12-23-20(27)16-11-24-25-19(16)13-7-9-14(22)10-8-13/h3-11,18H,12H2,1-2H3,(H,23,27)(H,24,25). The van der Waals surface area contributed by atoms with E-state index in [0.717, 1.165) is 5.56 Å². The summed E-state index contributed by atoms with van der Waals surface area (Å²) in [6.45, 7) is 0.379. The summed E-state index contributed by atoms with van der Waals surface area (Å²) in [4.78, 5) is 14.7. The summed E-state index contributed by atoms with van der Waals surface area (Å²) in [5, 5.41) is 10.4. The first kappa shape index (κ1) is 19.1. The Kier molecular flexibility index (Phi) is 5.88. The van der Waals surface area contributed by atoms with E-state index < -0.39 is 0 Å². The van der Waals surface area contributed by atoms with E-state index >= 15 is 0 Å². The molecule has 0 aliphatic carbocycles. The quantitative estimate of drug-likeness (QED) is 0.675. The molecule has 27 heavy (non-hydrogen) atoms. The summed E-state index contributed by atoms with van der Waals surface area (Å²) in [5.74, 6) is -0.597. The maximum atomic E-state index is 13.1. The zero-order valence-corrected chi connectivity index (χ0v) is 15.8. The molecule has 0 bridgehead atoms. The van der Waals surface area contributed by atoms with E-state index in [4.69, 9.17) is 11.6 Å². The molecule has 1 heterocycles. The number of carbonyl (C=O) groups excluding carboxylic acids is 1. The summed E-state index contributed by atoms with van der Waals surface area (Å²) >= 11 is 6.31. The lowest BCUT2D eigenvalue weighted by Gasteiger charge is -2.26. The molecule has 0 radical (unpaired) electrons. The second-order valence-corrected chi connectivity index (χ2v) is 6.78. The molecule has 0 spiro atoms. The predicted molar refractivity (Wildman–Crippen MR) is 104 cm³/mol. The normalized spacial score (nSPS) is 12.2. The first-order chi connectivity index (χ1) is 13.0. The number of likely N-dealkylation sites (N-methyl/N-ethyl adjacent to an activating group) is 1. The van der Waals surface area contributed by atoms with Gasteiger partial charge in [0.15, 0.2) is 0 Å². The molecule has 1 amide bonds. The van der Waals surface area contributed by atoms with Crippen LogP contribution >= 0.6 is 11.6 Å². The summed E-state index contributed by atoms with van der Waals surface area (Å²) in [7, 11) is 3.86. The largest absolute Gasteiger partial charge is 0.350 e. The summed E-state index contributed by atoms with van der Waals surface area (Å²) in [6, 6.07) is 13.4. The number of aromatic nitrogens is 2. The van der Waals surface area contributed by atoms with Gasteiger partial charge in [0.2, 0.25) is 0 Å². The number of benzene rings is 2. The van der Waals surface area contributed by atoms with Gasteiger partial charge < -0.3 is 10.2 Å². The number of carbonyl (C=O) groups is 1. The third-order valence-electron chi connectivity index (χ3n) is 4.36. The fourth-order valence-electron chi connectivity index (χ4n) is 2.90. The van der Waals surface area contributed by atoms with Gasteiger partial charge in [0.1, 0.15) is 5.82 Å². The van der Waals surface area contributed by atoms with Crippen molar-refractivity contribution in [2.24, 2.45) is 0 Å². The maximum absolute atomic E-state index is 13.1. The van der Waals surface area contributed by atoms with Crippen LogP contribution in [0.25, 0.3) is 11.3 Å². The van der Waals surface area contributed by atoms with Crippen molar-refractivity contribution < 1.29 is 9.18 Å². The zero-order chi connectivity index (χ0) is 19.4. The lowest BCUT2D eigenvalue weighted by atomic mass is 10.0. The number of rotatable bonds is 6. The van der Waals surface area contributed by atoms with E-state index in [1.807, 2.05) is 43.3 Å². The molecule has 140 valence electrons. The van der Waals surface area contributed by atoms with Crippen LogP contribution in [-0.2, 0) is 0 Å². The molecular weight excluding hydrogens is 367 g/mol. The van der Waals surface area contributed by atoms with Crippen molar-refractivity contribution in [2.45, 2.75) is 6.04 Å². The average Bonchev–Trinajstić information content (AvgIpc) is 3.13. The number of nitrogens with one attached hydrogen (secondary N) is 2. The van der Waals surface area contributed by atoms with Crippen LogP contribution in [0.1, 0.15) is 22.0 Å². The highest BCUT2D eigenvalue weighted by atomic mass is 35.5. The van der Waals surface area contributed by atoms with E-state index in [0.29, 0.717) is 28.4 Å². The number of amides is 1. The van der Waals surface area contributed by atoms with Crippen molar-refractivity contribution in [3.8, 4) is 11.3 Å². The molecule has 0 aliphatic heterocycles. The monoisotopic (exact) mass is 386 g/mol. The van der Waals surface area contributed by atoms with Crippen molar-refractivity contribution in [3.05, 3.63) is 76.7 Å². The number of H-pyrrole nitrogens is 1. The van der Waals surface area contributed by atoms with Gasteiger partial charge in [-0.2, -0.15) is 5.10 Å². The van der Waals surface area contributed by atoms with Gasteiger partial charge in [-0.05, 0) is 50.0 Å². The van der Waals surface area contributed by atoms with Crippen molar-refractivity contribution in [3.63, 3.8) is 0 Å². The highest BCUT2D eigenvalue weighted by molar-refractivity contribution is 6.31. The molecule has 3 aromatic rings. The van der Waals surface area contributed by atoms with Gasteiger partial charge in [-0.1, -0.05) is 29.8 Å². The Hall–Kier alpha value is -2.70. The van der Waals surface area contributed by atoms with Gasteiger partial charge in [-0.3, -0.25) is 9.89 Å². The Morgan fingerprint density at radius 2 is 1.93 bits per heavy atom. The van der Waals surface area contributed by atoms with Crippen LogP contribution in [0, 0.1) is 5.82 Å². The molecule has 2 N–H and O–H groups in total. The minimum Gasteiger partial charge on any atom is -0.350 e. The minimum absolute atomic E-state index is 0.0798. The Morgan fingerprint density at radius 3 is 2.59 bits per heavy atom. The molecule has 5 nitrogen and oxygen atoms in total. The van der Waals surface area contributed by atoms with Crippen LogP contribution < -0.4 is 5.32 Å². The van der Waals surface area contributed by atoms with Gasteiger partial charge in [-0.25, -0.2) is 4.39 Å². The van der Waals surface area contributed by atoms with Crippen LogP contribution in [0.15, 0.2) is 54.7 Å². The first-order valence-electron chi connectivity index (χ1n) is 8.45. The van der Waals surface area contributed by atoms with E-state index in [9.17, 15) is 9.18 Å². The predicted octanol–water partition coefficient (Wildman–Crippen LogP) is 3.90. The molecule has 0 saturated heterocycles. The molecule has 0 fully saturated rings. The first-order valence-corrected chi connectivity index (χ1v) is 8.83. The van der Waals surface area contributed by atoms with E-state index in [-0.39, 0.29) is 17.8 Å². The van der Waals surface area contributed by atoms with Crippen LogP contribution in [-0.4, -0.2) is 41.6 Å². The van der Waals surface area contributed by atoms with Crippen molar-refractivity contribution in [1.82, 2.24) is 20.4 Å². The van der Waals surface area contributed by atoms with E-state index in [1.165, 1.54) is 18.3 Å². The Balaban J connectivity index is 1.77. The van der Waals surface area contributed by atoms with Gasteiger partial charge in [0, 0.05) is 17.1 Å². The van der Waals surface area contributed by atoms with Crippen LogP contribution in [0.2, 0.25) is 5.02 Å². The van der Waals surface area contributed by atoms with Crippen molar-refractivity contribution in [2.75, 3.05) is 20.6 Å². The molecular formula is C20H20ClFN4O. The molecule has 7 heteroatoms. The van der Waals surface area contributed by atoms with Gasteiger partial charge in [0.25, 0.3) is 5.91 Å². The Bertz CT molecular complexity index is 924. The number of nitrogens with zero attached hydrogens (tertiary/aromatic N) is 2. The summed E-state index contributed by atoms with van der Waals surface area (Å²) in [6.07, 6.45) is 1.47. The highest BCUT2D eigenvalue weighted by Gasteiger charge is 2.20. The molecule has 1 atom stereocenters. The third-order valence-corrected chi connectivity index (χ3v) is 4.70. The zero-order valence-electron chi connectivity index (χ0n) is 15.0. The van der Waals surface area contributed by atoms with Crippen LogP contribution in [0.3, 0.4) is 0 Å². The van der Waals surface area contributed by atoms with Gasteiger partial charge in [0.05, 0.1) is 23.5 Å². The molecule has 1 aromatic heterocycles. The van der Waals surface area contributed by atoms with Crippen LogP contribution in [0.4, 0.5) is 4.39 Å². The van der Waals surface area contributed by atoms with Crippen molar-refractivity contribution in [1.29, 1.82) is 0 Å². The number of hydrogen-bond acceptors (Lipinski definition) is 3. The molecule has 3 rings (SSSR count). The topological polar surface area (TPSA) is 61.0 Å². The molecule has 0 saturated carbocycles. The maximum Gasteiger partial charge on any atom is 0.255 e.